The number of sulfone groups is 1. The number of rotatable bonds is 5. The quantitative estimate of drug-likeness (QED) is 0.723. The molecule has 0 aliphatic heterocycles. The van der Waals surface area contributed by atoms with Gasteiger partial charge in [-0.05, 0) is 24.3 Å². The van der Waals surface area contributed by atoms with Crippen LogP contribution in [0.1, 0.15) is 10.4 Å². The van der Waals surface area contributed by atoms with Crippen molar-refractivity contribution >= 4 is 32.2 Å². The maximum atomic E-state index is 12.4. The van der Waals surface area contributed by atoms with Gasteiger partial charge in [0, 0.05) is 17.2 Å². The first kappa shape index (κ1) is 18.1. The minimum absolute atomic E-state index is 0.251. The molecular formula is C18H16N2O4S2. The summed E-state index contributed by atoms with van der Waals surface area (Å²) in [6.07, 6.45) is 1.16. The summed E-state index contributed by atoms with van der Waals surface area (Å²) in [6.45, 7) is 0. The van der Waals surface area contributed by atoms with Gasteiger partial charge in [-0.25, -0.2) is 13.4 Å². The number of hydrogen-bond acceptors (Lipinski definition) is 6. The number of amides is 1. The molecule has 0 spiro atoms. The molecule has 0 bridgehead atoms. The number of aromatic nitrogens is 1. The summed E-state index contributed by atoms with van der Waals surface area (Å²) in [5.74, 6) is 0.175. The molecule has 3 rings (SSSR count). The fourth-order valence-electron chi connectivity index (χ4n) is 2.33. The predicted molar refractivity (Wildman–Crippen MR) is 102 cm³/mol. The van der Waals surface area contributed by atoms with Gasteiger partial charge in [-0.1, -0.05) is 24.3 Å². The number of thiazole rings is 1. The molecular weight excluding hydrogens is 372 g/mol. The van der Waals surface area contributed by atoms with Crippen molar-refractivity contribution in [3.63, 3.8) is 0 Å². The van der Waals surface area contributed by atoms with E-state index in [1.165, 1.54) is 30.6 Å². The Balaban J connectivity index is 1.79. The van der Waals surface area contributed by atoms with Crippen LogP contribution in [-0.4, -0.2) is 32.7 Å². The van der Waals surface area contributed by atoms with Gasteiger partial charge in [-0.2, -0.15) is 0 Å². The zero-order chi connectivity index (χ0) is 18.7. The molecule has 8 heteroatoms. The Morgan fingerprint density at radius 3 is 2.46 bits per heavy atom. The summed E-state index contributed by atoms with van der Waals surface area (Å²) in [5.41, 5.74) is 1.85. The second-order valence-corrected chi connectivity index (χ2v) is 8.36. The van der Waals surface area contributed by atoms with Crippen LogP contribution in [0.15, 0.2) is 58.8 Å². The number of para-hydroxylation sites is 1. The number of nitrogens with one attached hydrogen (secondary N) is 1. The van der Waals surface area contributed by atoms with Crippen LogP contribution in [0.3, 0.4) is 0 Å². The molecule has 6 nitrogen and oxygen atoms in total. The first-order chi connectivity index (χ1) is 12.4. The van der Waals surface area contributed by atoms with E-state index in [0.717, 1.165) is 11.8 Å². The number of benzene rings is 2. The van der Waals surface area contributed by atoms with E-state index in [9.17, 15) is 13.2 Å². The molecule has 1 heterocycles. The van der Waals surface area contributed by atoms with E-state index in [-0.39, 0.29) is 10.8 Å². The van der Waals surface area contributed by atoms with Crippen LogP contribution in [0.4, 0.5) is 5.13 Å². The zero-order valence-corrected chi connectivity index (χ0v) is 15.7. The standard InChI is InChI=1S/C18H16N2O4S2/c1-24-16-6-4-3-5-14(16)17(21)20-18-19-15(11-25-18)12-7-9-13(10-8-12)26(2,22)23/h3-11H,1-2H3,(H,19,20,21). The van der Waals surface area contributed by atoms with Crippen LogP contribution in [0.2, 0.25) is 0 Å². The predicted octanol–water partition coefficient (Wildman–Crippen LogP) is 3.47. The molecule has 0 aliphatic rings. The van der Waals surface area contributed by atoms with Gasteiger partial charge >= 0.3 is 0 Å². The molecule has 0 unspecified atom stereocenters. The molecule has 134 valence electrons. The van der Waals surface area contributed by atoms with Crippen LogP contribution in [0.5, 0.6) is 5.75 Å². The molecule has 1 amide bonds. The van der Waals surface area contributed by atoms with Gasteiger partial charge in [0.1, 0.15) is 5.75 Å². The molecule has 0 aliphatic carbocycles. The Morgan fingerprint density at radius 1 is 1.12 bits per heavy atom. The fourth-order valence-corrected chi connectivity index (χ4v) is 3.68. The number of anilines is 1. The van der Waals surface area contributed by atoms with Gasteiger partial charge in [-0.3, -0.25) is 10.1 Å². The van der Waals surface area contributed by atoms with Crippen LogP contribution < -0.4 is 10.1 Å². The SMILES string of the molecule is COc1ccccc1C(=O)Nc1nc(-c2ccc(S(C)(=O)=O)cc2)cs1. The van der Waals surface area contributed by atoms with Crippen LogP contribution >= 0.6 is 11.3 Å². The van der Waals surface area contributed by atoms with Crippen molar-refractivity contribution in [1.82, 2.24) is 4.98 Å². The van der Waals surface area contributed by atoms with E-state index < -0.39 is 9.84 Å². The molecule has 0 atom stereocenters. The monoisotopic (exact) mass is 388 g/mol. The lowest BCUT2D eigenvalue weighted by Crippen LogP contribution is -2.12. The van der Waals surface area contributed by atoms with E-state index in [1.54, 1.807) is 41.8 Å². The molecule has 0 fully saturated rings. The first-order valence-corrected chi connectivity index (χ1v) is 10.4. The molecule has 1 N–H and O–H groups in total. The summed E-state index contributed by atoms with van der Waals surface area (Å²) in [6, 6.07) is 13.4. The Bertz CT molecular complexity index is 1040. The van der Waals surface area contributed by atoms with Crippen molar-refractivity contribution in [2.75, 3.05) is 18.7 Å². The van der Waals surface area contributed by atoms with Crippen molar-refractivity contribution in [3.8, 4) is 17.0 Å². The topological polar surface area (TPSA) is 85.4 Å². The molecule has 0 saturated carbocycles. The van der Waals surface area contributed by atoms with Crippen LogP contribution in [-0.2, 0) is 9.84 Å². The molecule has 3 aromatic rings. The lowest BCUT2D eigenvalue weighted by Gasteiger charge is -2.07. The van der Waals surface area contributed by atoms with Crippen molar-refractivity contribution in [2.24, 2.45) is 0 Å². The highest BCUT2D eigenvalue weighted by Gasteiger charge is 2.14. The number of methoxy groups -OCH3 is 1. The minimum Gasteiger partial charge on any atom is -0.496 e. The van der Waals surface area contributed by atoms with Crippen molar-refractivity contribution in [2.45, 2.75) is 4.90 Å². The van der Waals surface area contributed by atoms with Gasteiger partial charge in [0.2, 0.25) is 0 Å². The normalized spacial score (nSPS) is 11.2. The van der Waals surface area contributed by atoms with Crippen molar-refractivity contribution in [1.29, 1.82) is 0 Å². The van der Waals surface area contributed by atoms with E-state index in [0.29, 0.717) is 22.1 Å². The van der Waals surface area contributed by atoms with Crippen LogP contribution in [0.25, 0.3) is 11.3 Å². The lowest BCUT2D eigenvalue weighted by atomic mass is 10.2. The minimum atomic E-state index is -3.24. The van der Waals surface area contributed by atoms with Gasteiger partial charge < -0.3 is 4.74 Å². The molecule has 0 radical (unpaired) electrons. The Hall–Kier alpha value is -2.71. The third kappa shape index (κ3) is 3.92. The molecule has 26 heavy (non-hydrogen) atoms. The fraction of sp³-hybridized carbons (Fsp3) is 0.111. The summed E-state index contributed by atoms with van der Waals surface area (Å²) >= 11 is 1.29. The van der Waals surface area contributed by atoms with E-state index in [1.807, 2.05) is 0 Å². The third-order valence-electron chi connectivity index (χ3n) is 3.65. The van der Waals surface area contributed by atoms with Crippen LogP contribution in [0, 0.1) is 0 Å². The Labute approximate surface area is 155 Å². The maximum Gasteiger partial charge on any atom is 0.261 e. The third-order valence-corrected chi connectivity index (χ3v) is 5.54. The number of ether oxygens (including phenoxy) is 1. The summed E-state index contributed by atoms with van der Waals surface area (Å²) in [4.78, 5) is 17.0. The van der Waals surface area contributed by atoms with Gasteiger partial charge in [0.05, 0.1) is 23.3 Å². The molecule has 0 saturated heterocycles. The highest BCUT2D eigenvalue weighted by Crippen LogP contribution is 2.27. The number of carbonyl (C=O) groups is 1. The lowest BCUT2D eigenvalue weighted by molar-refractivity contribution is 0.102. The highest BCUT2D eigenvalue weighted by atomic mass is 32.2. The van der Waals surface area contributed by atoms with Crippen molar-refractivity contribution < 1.29 is 17.9 Å². The summed E-state index contributed by atoms with van der Waals surface area (Å²) < 4.78 is 28.2. The van der Waals surface area contributed by atoms with E-state index in [2.05, 4.69) is 10.3 Å². The van der Waals surface area contributed by atoms with Gasteiger partial charge in [0.25, 0.3) is 5.91 Å². The second-order valence-electron chi connectivity index (χ2n) is 5.49. The molecule has 2 aromatic carbocycles. The first-order valence-electron chi connectivity index (χ1n) is 7.59. The van der Waals surface area contributed by atoms with Gasteiger partial charge in [-0.15, -0.1) is 11.3 Å². The largest absolute Gasteiger partial charge is 0.496 e. The van der Waals surface area contributed by atoms with E-state index >= 15 is 0 Å². The Kier molecular flexibility index (Phi) is 5.06. The molecule has 1 aromatic heterocycles. The average molecular weight is 388 g/mol. The summed E-state index contributed by atoms with van der Waals surface area (Å²) in [7, 11) is -1.73. The average Bonchev–Trinajstić information content (AvgIpc) is 3.09. The smallest absolute Gasteiger partial charge is 0.261 e. The number of carbonyl (C=O) groups excluding carboxylic acids is 1. The maximum absolute atomic E-state index is 12.4. The summed E-state index contributed by atoms with van der Waals surface area (Å²) in [5, 5.41) is 5.00. The van der Waals surface area contributed by atoms with E-state index in [4.69, 9.17) is 4.74 Å². The second kappa shape index (κ2) is 7.27. The van der Waals surface area contributed by atoms with Crippen molar-refractivity contribution in [3.05, 3.63) is 59.5 Å². The number of hydrogen-bond donors (Lipinski definition) is 1. The zero-order valence-electron chi connectivity index (χ0n) is 14.1. The Morgan fingerprint density at radius 2 is 1.81 bits per heavy atom. The highest BCUT2D eigenvalue weighted by molar-refractivity contribution is 7.90. The number of nitrogens with zero attached hydrogens (tertiary/aromatic N) is 1. The van der Waals surface area contributed by atoms with Gasteiger partial charge in [0.15, 0.2) is 15.0 Å².